The van der Waals surface area contributed by atoms with Gasteiger partial charge in [0.15, 0.2) is 5.82 Å². The van der Waals surface area contributed by atoms with Crippen molar-refractivity contribution in [2.75, 3.05) is 5.32 Å². The molecule has 0 saturated carbocycles. The Kier molecular flexibility index (Phi) is 2.00. The zero-order chi connectivity index (χ0) is 12.9. The van der Waals surface area contributed by atoms with E-state index >= 15 is 0 Å². The molecular weight excluding hydrogens is 240 g/mol. The van der Waals surface area contributed by atoms with Crippen LogP contribution in [0.5, 0.6) is 0 Å². The smallest absolute Gasteiger partial charge is 0.327 e. The van der Waals surface area contributed by atoms with Crippen molar-refractivity contribution < 1.29 is 14.7 Å². The van der Waals surface area contributed by atoms with Crippen LogP contribution in [-0.4, -0.2) is 31.5 Å². The number of hydrogen-bond donors (Lipinski definition) is 3. The summed E-state index contributed by atoms with van der Waals surface area (Å²) in [4.78, 5) is 40.9. The van der Waals surface area contributed by atoms with E-state index in [2.05, 4.69) is 15.3 Å². The fourth-order valence-corrected chi connectivity index (χ4v) is 2.13. The van der Waals surface area contributed by atoms with Gasteiger partial charge in [0.05, 0.1) is 11.9 Å². The molecule has 8 nitrogen and oxygen atoms in total. The number of carbonyl (C=O) groups is 2. The molecule has 92 valence electrons. The second kappa shape index (κ2) is 3.42. The molecule has 18 heavy (non-hydrogen) atoms. The first-order chi connectivity index (χ1) is 8.58. The first-order valence-electron chi connectivity index (χ1n) is 5.20. The van der Waals surface area contributed by atoms with Crippen LogP contribution in [-0.2, 0) is 9.59 Å². The number of nitrogens with one attached hydrogen (secondary N) is 2. The number of nitrogens with zero attached hydrogens (tertiary/aromatic N) is 2. The van der Waals surface area contributed by atoms with Crippen LogP contribution in [0, 0.1) is 0 Å². The van der Waals surface area contributed by atoms with Crippen LogP contribution < -0.4 is 11.0 Å². The molecule has 3 rings (SSSR count). The van der Waals surface area contributed by atoms with Crippen molar-refractivity contribution in [2.24, 2.45) is 0 Å². The van der Waals surface area contributed by atoms with Crippen LogP contribution in [0.1, 0.15) is 12.5 Å². The van der Waals surface area contributed by atoms with Crippen molar-refractivity contribution in [1.29, 1.82) is 0 Å². The number of hydrogen-bond acceptors (Lipinski definition) is 4. The first kappa shape index (κ1) is 10.5. The van der Waals surface area contributed by atoms with E-state index in [1.165, 1.54) is 6.20 Å². The minimum Gasteiger partial charge on any atom is -0.481 e. The van der Waals surface area contributed by atoms with E-state index in [4.69, 9.17) is 5.11 Å². The SMILES string of the molecule is O=C(O)CC1C(=O)Nc2nccc3[nH]c(=O)n1c23. The molecule has 0 fully saturated rings. The Morgan fingerprint density at radius 3 is 3.00 bits per heavy atom. The van der Waals surface area contributed by atoms with Crippen molar-refractivity contribution in [3.05, 3.63) is 22.7 Å². The first-order valence-corrected chi connectivity index (χ1v) is 5.20. The topological polar surface area (TPSA) is 117 Å². The molecule has 1 unspecified atom stereocenters. The number of carbonyl (C=O) groups excluding carboxylic acids is 1. The molecule has 3 heterocycles. The number of aliphatic carboxylic acids is 1. The molecule has 1 aliphatic heterocycles. The fourth-order valence-electron chi connectivity index (χ4n) is 2.13. The minimum atomic E-state index is -1.15. The normalized spacial score (nSPS) is 17.8. The molecule has 1 aliphatic rings. The predicted molar refractivity (Wildman–Crippen MR) is 60.3 cm³/mol. The van der Waals surface area contributed by atoms with Gasteiger partial charge in [-0.05, 0) is 6.07 Å². The Morgan fingerprint density at radius 2 is 2.28 bits per heavy atom. The second-order valence-corrected chi connectivity index (χ2v) is 3.96. The Balaban J connectivity index is 2.31. The summed E-state index contributed by atoms with van der Waals surface area (Å²) in [5.74, 6) is -1.44. The number of H-pyrrole nitrogens is 1. The fraction of sp³-hybridized carbons (Fsp3) is 0.200. The van der Waals surface area contributed by atoms with Crippen LogP contribution in [0.2, 0.25) is 0 Å². The molecular formula is C10H8N4O4. The number of aromatic nitrogens is 3. The largest absolute Gasteiger partial charge is 0.481 e. The third-order valence-corrected chi connectivity index (χ3v) is 2.85. The summed E-state index contributed by atoms with van der Waals surface area (Å²) in [6, 6.07) is 0.534. The Bertz CT molecular complexity index is 729. The standard InChI is InChI=1S/C10H8N4O4/c15-6(16)3-5-9(17)13-8-7-4(1-2-11-8)12-10(18)14(5)7/h1-2,5H,3H2,(H,12,18)(H,15,16)(H,11,13,17). The number of aromatic amines is 1. The average Bonchev–Trinajstić information content (AvgIpc) is 2.62. The summed E-state index contributed by atoms with van der Waals surface area (Å²) in [5.41, 5.74) is 0.425. The zero-order valence-electron chi connectivity index (χ0n) is 9.01. The van der Waals surface area contributed by atoms with Gasteiger partial charge in [-0.1, -0.05) is 0 Å². The molecule has 0 bridgehead atoms. The number of pyridine rings is 1. The lowest BCUT2D eigenvalue weighted by Gasteiger charge is -2.21. The van der Waals surface area contributed by atoms with Crippen LogP contribution in [0.15, 0.2) is 17.1 Å². The van der Waals surface area contributed by atoms with Gasteiger partial charge in [0.1, 0.15) is 11.6 Å². The molecule has 0 spiro atoms. The molecule has 8 heteroatoms. The van der Waals surface area contributed by atoms with Gasteiger partial charge in [-0.2, -0.15) is 0 Å². The second-order valence-electron chi connectivity index (χ2n) is 3.96. The quantitative estimate of drug-likeness (QED) is 0.674. The average molecular weight is 248 g/mol. The van der Waals surface area contributed by atoms with Gasteiger partial charge in [0.25, 0.3) is 0 Å². The molecule has 0 aliphatic carbocycles. The van der Waals surface area contributed by atoms with Gasteiger partial charge >= 0.3 is 11.7 Å². The van der Waals surface area contributed by atoms with Crippen LogP contribution in [0.3, 0.4) is 0 Å². The maximum atomic E-state index is 11.8. The van der Waals surface area contributed by atoms with Crippen LogP contribution >= 0.6 is 0 Å². The Hall–Kier alpha value is -2.64. The van der Waals surface area contributed by atoms with Crippen molar-refractivity contribution >= 4 is 28.7 Å². The number of rotatable bonds is 2. The van der Waals surface area contributed by atoms with E-state index in [9.17, 15) is 14.4 Å². The number of amides is 1. The highest BCUT2D eigenvalue weighted by Gasteiger charge is 2.32. The van der Waals surface area contributed by atoms with Gasteiger partial charge < -0.3 is 15.4 Å². The summed E-state index contributed by atoms with van der Waals surface area (Å²) >= 11 is 0. The van der Waals surface area contributed by atoms with E-state index < -0.39 is 30.0 Å². The summed E-state index contributed by atoms with van der Waals surface area (Å²) in [5, 5.41) is 11.3. The third kappa shape index (κ3) is 1.32. The van der Waals surface area contributed by atoms with Crippen molar-refractivity contribution in [3.8, 4) is 0 Å². The maximum Gasteiger partial charge on any atom is 0.327 e. The van der Waals surface area contributed by atoms with Crippen molar-refractivity contribution in [3.63, 3.8) is 0 Å². The lowest BCUT2D eigenvalue weighted by molar-refractivity contribution is -0.139. The van der Waals surface area contributed by atoms with Crippen molar-refractivity contribution in [1.82, 2.24) is 14.5 Å². The number of carboxylic acid groups (broad SMARTS) is 1. The predicted octanol–water partition coefficient (Wildman–Crippen LogP) is -0.308. The number of carboxylic acids is 1. The van der Waals surface area contributed by atoms with E-state index in [1.54, 1.807) is 6.07 Å². The highest BCUT2D eigenvalue weighted by molar-refractivity contribution is 6.04. The lowest BCUT2D eigenvalue weighted by Crippen LogP contribution is -2.37. The van der Waals surface area contributed by atoms with E-state index in [1.807, 2.05) is 0 Å². The van der Waals surface area contributed by atoms with Gasteiger partial charge in [-0.3, -0.25) is 14.2 Å². The minimum absolute atomic E-state index is 0.262. The van der Waals surface area contributed by atoms with Crippen LogP contribution in [0.4, 0.5) is 5.82 Å². The summed E-state index contributed by atoms with van der Waals surface area (Å²) in [6.45, 7) is 0. The van der Waals surface area contributed by atoms with Gasteiger partial charge in [0, 0.05) is 6.20 Å². The van der Waals surface area contributed by atoms with Gasteiger partial charge in [-0.25, -0.2) is 9.78 Å². The molecule has 1 amide bonds. The summed E-state index contributed by atoms with van der Waals surface area (Å²) in [7, 11) is 0. The molecule has 1 atom stereocenters. The molecule has 0 aromatic carbocycles. The highest BCUT2D eigenvalue weighted by atomic mass is 16.4. The van der Waals surface area contributed by atoms with Crippen LogP contribution in [0.25, 0.3) is 11.0 Å². The zero-order valence-corrected chi connectivity index (χ0v) is 9.01. The van der Waals surface area contributed by atoms with Gasteiger partial charge in [-0.15, -0.1) is 0 Å². The van der Waals surface area contributed by atoms with E-state index in [0.29, 0.717) is 11.0 Å². The van der Waals surface area contributed by atoms with E-state index in [-0.39, 0.29) is 5.82 Å². The summed E-state index contributed by atoms with van der Waals surface area (Å²) in [6.07, 6.45) is 1.00. The molecule has 2 aromatic rings. The van der Waals surface area contributed by atoms with Gasteiger partial charge in [0.2, 0.25) is 5.91 Å². The maximum absolute atomic E-state index is 11.8. The molecule has 2 aromatic heterocycles. The molecule has 3 N–H and O–H groups in total. The van der Waals surface area contributed by atoms with E-state index in [0.717, 1.165) is 4.57 Å². The molecule has 0 radical (unpaired) electrons. The lowest BCUT2D eigenvalue weighted by atomic mass is 10.1. The number of imidazole rings is 1. The Morgan fingerprint density at radius 1 is 1.50 bits per heavy atom. The third-order valence-electron chi connectivity index (χ3n) is 2.85. The molecule has 0 saturated heterocycles. The highest BCUT2D eigenvalue weighted by Crippen LogP contribution is 2.28. The van der Waals surface area contributed by atoms with Crippen molar-refractivity contribution in [2.45, 2.75) is 12.5 Å². The number of anilines is 1. The monoisotopic (exact) mass is 248 g/mol. The summed E-state index contributed by atoms with van der Waals surface area (Å²) < 4.78 is 1.14. The Labute approximate surface area is 99.3 Å².